The molecule has 0 bridgehead atoms. The molecule has 3 heteroatoms. The quantitative estimate of drug-likeness (QED) is 0.668. The lowest BCUT2D eigenvalue weighted by Crippen LogP contribution is -2.53. The third kappa shape index (κ3) is 6.55. The second-order valence-electron chi connectivity index (χ2n) is 7.62. The van der Waals surface area contributed by atoms with Crippen molar-refractivity contribution in [2.45, 2.75) is 53.5 Å². The maximum Gasteiger partial charge on any atom is 0.0593 e. The van der Waals surface area contributed by atoms with Crippen LogP contribution in [0.4, 0.5) is 0 Å². The summed E-state index contributed by atoms with van der Waals surface area (Å²) in [5.74, 6) is 1.54. The fourth-order valence-corrected chi connectivity index (χ4v) is 2.54. The van der Waals surface area contributed by atoms with Crippen LogP contribution in [0.5, 0.6) is 0 Å². The molecule has 0 radical (unpaired) electrons. The molecule has 1 saturated heterocycles. The van der Waals surface area contributed by atoms with Crippen LogP contribution in [0.1, 0.15) is 48.0 Å². The van der Waals surface area contributed by atoms with Crippen molar-refractivity contribution in [3.05, 3.63) is 0 Å². The molecule has 0 aromatic carbocycles. The van der Waals surface area contributed by atoms with E-state index in [0.717, 1.165) is 31.6 Å². The van der Waals surface area contributed by atoms with Crippen molar-refractivity contribution in [3.63, 3.8) is 0 Å². The second kappa shape index (κ2) is 8.35. The molecule has 0 amide bonds. The zero-order valence-corrected chi connectivity index (χ0v) is 14.6. The minimum atomic E-state index is 0.315. The normalized spacial score (nSPS) is 20.6. The average molecular weight is 284 g/mol. The van der Waals surface area contributed by atoms with Crippen molar-refractivity contribution >= 4 is 0 Å². The predicted molar refractivity (Wildman–Crippen MR) is 87.2 cm³/mol. The molecular weight excluding hydrogens is 248 g/mol. The minimum absolute atomic E-state index is 0.315. The van der Waals surface area contributed by atoms with E-state index in [1.54, 1.807) is 0 Å². The summed E-state index contributed by atoms with van der Waals surface area (Å²) in [7, 11) is 0. The van der Waals surface area contributed by atoms with Gasteiger partial charge in [0.25, 0.3) is 0 Å². The maximum absolute atomic E-state index is 5.80. The zero-order valence-electron chi connectivity index (χ0n) is 14.6. The van der Waals surface area contributed by atoms with Crippen molar-refractivity contribution in [1.29, 1.82) is 0 Å². The molecule has 0 aliphatic carbocycles. The maximum atomic E-state index is 5.80. The minimum Gasteiger partial charge on any atom is -0.380 e. The predicted octanol–water partition coefficient (Wildman–Crippen LogP) is 3.10. The Morgan fingerprint density at radius 2 is 1.55 bits per heavy atom. The molecule has 1 rings (SSSR count). The van der Waals surface area contributed by atoms with E-state index in [1.165, 1.54) is 32.6 Å². The lowest BCUT2D eigenvalue weighted by molar-refractivity contribution is 0.0390. The standard InChI is InChI=1S/C17H36N2O/c1-15(2)16(3)7-13-20-14-12-18-8-10-19(11-9-18)17(4,5)6/h15-16H,7-14H2,1-6H3/t16-/m1/s1. The van der Waals surface area contributed by atoms with Crippen LogP contribution in [0.3, 0.4) is 0 Å². The van der Waals surface area contributed by atoms with Crippen LogP contribution in [0.15, 0.2) is 0 Å². The van der Waals surface area contributed by atoms with Crippen LogP contribution in [0.25, 0.3) is 0 Å². The fourth-order valence-electron chi connectivity index (χ4n) is 2.54. The summed E-state index contributed by atoms with van der Waals surface area (Å²) < 4.78 is 5.80. The van der Waals surface area contributed by atoms with E-state index in [0.29, 0.717) is 5.54 Å². The van der Waals surface area contributed by atoms with Crippen LogP contribution in [0.2, 0.25) is 0 Å². The van der Waals surface area contributed by atoms with Gasteiger partial charge in [0.15, 0.2) is 0 Å². The highest BCUT2D eigenvalue weighted by Gasteiger charge is 2.25. The average Bonchev–Trinajstić information content (AvgIpc) is 2.37. The fraction of sp³-hybridized carbons (Fsp3) is 1.00. The summed E-state index contributed by atoms with van der Waals surface area (Å²) in [4.78, 5) is 5.11. The molecule has 1 fully saturated rings. The topological polar surface area (TPSA) is 15.7 Å². The smallest absolute Gasteiger partial charge is 0.0593 e. The van der Waals surface area contributed by atoms with Crippen molar-refractivity contribution in [2.24, 2.45) is 11.8 Å². The van der Waals surface area contributed by atoms with Crippen LogP contribution in [-0.4, -0.2) is 61.3 Å². The third-order valence-corrected chi connectivity index (χ3v) is 4.73. The van der Waals surface area contributed by atoms with Gasteiger partial charge in [-0.1, -0.05) is 20.8 Å². The molecule has 0 N–H and O–H groups in total. The number of ether oxygens (including phenoxy) is 1. The number of piperazine rings is 1. The molecule has 0 aromatic heterocycles. The Labute approximate surface area is 126 Å². The Morgan fingerprint density at radius 3 is 2.05 bits per heavy atom. The first kappa shape index (κ1) is 17.9. The molecule has 120 valence electrons. The molecule has 1 aliphatic rings. The molecule has 20 heavy (non-hydrogen) atoms. The van der Waals surface area contributed by atoms with Gasteiger partial charge in [0.1, 0.15) is 0 Å². The van der Waals surface area contributed by atoms with E-state index in [1.807, 2.05) is 0 Å². The van der Waals surface area contributed by atoms with Gasteiger partial charge in [-0.15, -0.1) is 0 Å². The van der Waals surface area contributed by atoms with E-state index in [4.69, 9.17) is 4.74 Å². The Hall–Kier alpha value is -0.120. The SMILES string of the molecule is CC(C)[C@H](C)CCOCCN1CCN(C(C)(C)C)CC1. The lowest BCUT2D eigenvalue weighted by atomic mass is 9.95. The molecule has 0 unspecified atom stereocenters. The number of nitrogens with zero attached hydrogens (tertiary/aromatic N) is 2. The highest BCUT2D eigenvalue weighted by molar-refractivity contribution is 4.81. The van der Waals surface area contributed by atoms with E-state index in [-0.39, 0.29) is 0 Å². The van der Waals surface area contributed by atoms with Crippen LogP contribution in [-0.2, 0) is 4.74 Å². The summed E-state index contributed by atoms with van der Waals surface area (Å²) >= 11 is 0. The van der Waals surface area contributed by atoms with Crippen molar-refractivity contribution < 1.29 is 4.74 Å². The molecule has 0 spiro atoms. The van der Waals surface area contributed by atoms with Gasteiger partial charge in [0, 0.05) is 44.9 Å². The van der Waals surface area contributed by atoms with Crippen LogP contribution < -0.4 is 0 Å². The van der Waals surface area contributed by atoms with Gasteiger partial charge in [0.2, 0.25) is 0 Å². The van der Waals surface area contributed by atoms with E-state index in [9.17, 15) is 0 Å². The van der Waals surface area contributed by atoms with Crippen molar-refractivity contribution in [2.75, 3.05) is 45.9 Å². The Morgan fingerprint density at radius 1 is 0.950 bits per heavy atom. The van der Waals surface area contributed by atoms with Gasteiger partial charge in [0.05, 0.1) is 6.61 Å². The second-order valence-corrected chi connectivity index (χ2v) is 7.62. The van der Waals surface area contributed by atoms with Gasteiger partial charge in [-0.2, -0.15) is 0 Å². The summed E-state index contributed by atoms with van der Waals surface area (Å²) in [6, 6.07) is 0. The molecule has 1 heterocycles. The molecule has 0 aromatic rings. The number of rotatable bonds is 7. The van der Waals surface area contributed by atoms with Gasteiger partial charge in [-0.3, -0.25) is 9.80 Å². The Kier molecular flexibility index (Phi) is 7.49. The summed E-state index contributed by atoms with van der Waals surface area (Å²) in [5.41, 5.74) is 0.315. The zero-order chi connectivity index (χ0) is 15.2. The van der Waals surface area contributed by atoms with Gasteiger partial charge in [-0.05, 0) is 39.0 Å². The highest BCUT2D eigenvalue weighted by atomic mass is 16.5. The Bertz CT molecular complexity index is 252. The monoisotopic (exact) mass is 284 g/mol. The highest BCUT2D eigenvalue weighted by Crippen LogP contribution is 2.16. The first-order chi connectivity index (χ1) is 9.30. The lowest BCUT2D eigenvalue weighted by Gasteiger charge is -2.42. The van der Waals surface area contributed by atoms with Gasteiger partial charge < -0.3 is 4.74 Å². The van der Waals surface area contributed by atoms with Crippen LogP contribution >= 0.6 is 0 Å². The molecule has 1 atom stereocenters. The summed E-state index contributed by atoms with van der Waals surface area (Å²) in [6.45, 7) is 21.5. The molecule has 1 aliphatic heterocycles. The molecule has 3 nitrogen and oxygen atoms in total. The van der Waals surface area contributed by atoms with Gasteiger partial charge >= 0.3 is 0 Å². The summed E-state index contributed by atoms with van der Waals surface area (Å²) in [6.07, 6.45) is 1.19. The molecular formula is C17H36N2O. The van der Waals surface area contributed by atoms with Crippen molar-refractivity contribution in [3.8, 4) is 0 Å². The Balaban J connectivity index is 2.05. The first-order valence-electron chi connectivity index (χ1n) is 8.36. The third-order valence-electron chi connectivity index (χ3n) is 4.73. The van der Waals surface area contributed by atoms with E-state index >= 15 is 0 Å². The van der Waals surface area contributed by atoms with Gasteiger partial charge in [-0.25, -0.2) is 0 Å². The number of hydrogen-bond donors (Lipinski definition) is 0. The number of hydrogen-bond acceptors (Lipinski definition) is 3. The van der Waals surface area contributed by atoms with E-state index < -0.39 is 0 Å². The van der Waals surface area contributed by atoms with Crippen LogP contribution in [0, 0.1) is 11.8 Å². The summed E-state index contributed by atoms with van der Waals surface area (Å²) in [5, 5.41) is 0. The molecule has 0 saturated carbocycles. The first-order valence-corrected chi connectivity index (χ1v) is 8.36. The van der Waals surface area contributed by atoms with E-state index in [2.05, 4.69) is 51.3 Å². The largest absolute Gasteiger partial charge is 0.380 e. The van der Waals surface area contributed by atoms with Crippen molar-refractivity contribution in [1.82, 2.24) is 9.80 Å².